The molecule has 0 saturated heterocycles. The normalized spacial score (nSPS) is 11.2. The molecule has 0 aromatic heterocycles. The van der Waals surface area contributed by atoms with Crippen LogP contribution in [-0.4, -0.2) is 31.0 Å². The first-order chi connectivity index (χ1) is 12.8. The standard InChI is InChI=1S/C18H19N3O6/c1-11(12-7-8-15(26-2)16(9-12)27-3)19-17(22)18(23)20-13-5-4-6-14(10-13)21(24)25/h4-11H,1-3H3,(H,19,22)(H,20,23). The summed E-state index contributed by atoms with van der Waals surface area (Å²) in [7, 11) is 3.01. The molecule has 0 saturated carbocycles. The number of benzene rings is 2. The number of nitrogens with one attached hydrogen (secondary N) is 2. The topological polar surface area (TPSA) is 120 Å². The summed E-state index contributed by atoms with van der Waals surface area (Å²) in [5, 5.41) is 15.7. The van der Waals surface area contributed by atoms with Crippen LogP contribution in [0.3, 0.4) is 0 Å². The molecular weight excluding hydrogens is 354 g/mol. The molecule has 0 bridgehead atoms. The quantitative estimate of drug-likeness (QED) is 0.456. The van der Waals surface area contributed by atoms with E-state index >= 15 is 0 Å². The van der Waals surface area contributed by atoms with Gasteiger partial charge in [-0.3, -0.25) is 19.7 Å². The Morgan fingerprint density at radius 3 is 2.37 bits per heavy atom. The van der Waals surface area contributed by atoms with E-state index in [9.17, 15) is 19.7 Å². The first-order valence-corrected chi connectivity index (χ1v) is 7.94. The van der Waals surface area contributed by atoms with Crippen molar-refractivity contribution in [2.24, 2.45) is 0 Å². The van der Waals surface area contributed by atoms with Crippen molar-refractivity contribution in [1.82, 2.24) is 5.32 Å². The number of carbonyl (C=O) groups is 2. The van der Waals surface area contributed by atoms with Gasteiger partial charge >= 0.3 is 11.8 Å². The number of ether oxygens (including phenoxy) is 2. The van der Waals surface area contributed by atoms with Gasteiger partial charge in [-0.15, -0.1) is 0 Å². The molecule has 0 radical (unpaired) electrons. The fourth-order valence-electron chi connectivity index (χ4n) is 2.35. The van der Waals surface area contributed by atoms with Crippen LogP contribution in [0, 0.1) is 10.1 Å². The third-order valence-corrected chi connectivity index (χ3v) is 3.78. The SMILES string of the molecule is COc1ccc(C(C)NC(=O)C(=O)Nc2cccc([N+](=O)[O-])c2)cc1OC. The fraction of sp³-hybridized carbons (Fsp3) is 0.222. The Hall–Kier alpha value is -3.62. The second-order valence-corrected chi connectivity index (χ2v) is 5.57. The van der Waals surface area contributed by atoms with Crippen LogP contribution in [0.1, 0.15) is 18.5 Å². The summed E-state index contributed by atoms with van der Waals surface area (Å²) in [6.07, 6.45) is 0. The van der Waals surface area contributed by atoms with Gasteiger partial charge in [-0.1, -0.05) is 12.1 Å². The van der Waals surface area contributed by atoms with Crippen molar-refractivity contribution in [3.05, 3.63) is 58.1 Å². The molecule has 0 aliphatic rings. The minimum absolute atomic E-state index is 0.156. The molecule has 1 unspecified atom stereocenters. The lowest BCUT2D eigenvalue weighted by molar-refractivity contribution is -0.384. The van der Waals surface area contributed by atoms with Crippen LogP contribution in [0.4, 0.5) is 11.4 Å². The van der Waals surface area contributed by atoms with E-state index in [-0.39, 0.29) is 11.4 Å². The number of hydrogen-bond donors (Lipinski definition) is 2. The van der Waals surface area contributed by atoms with Crippen molar-refractivity contribution in [3.8, 4) is 11.5 Å². The maximum atomic E-state index is 12.1. The molecule has 0 heterocycles. The minimum atomic E-state index is -0.928. The maximum Gasteiger partial charge on any atom is 0.313 e. The van der Waals surface area contributed by atoms with Gasteiger partial charge in [0.15, 0.2) is 11.5 Å². The zero-order valence-corrected chi connectivity index (χ0v) is 15.0. The predicted octanol–water partition coefficient (Wildman–Crippen LogP) is 2.43. The van der Waals surface area contributed by atoms with Gasteiger partial charge in [-0.2, -0.15) is 0 Å². The van der Waals surface area contributed by atoms with E-state index < -0.39 is 22.8 Å². The highest BCUT2D eigenvalue weighted by atomic mass is 16.6. The van der Waals surface area contributed by atoms with E-state index in [1.807, 2.05) is 0 Å². The highest BCUT2D eigenvalue weighted by Crippen LogP contribution is 2.29. The smallest absolute Gasteiger partial charge is 0.313 e. The zero-order chi connectivity index (χ0) is 20.0. The molecule has 0 fully saturated rings. The molecule has 9 nitrogen and oxygen atoms in total. The number of nitro groups is 1. The average molecular weight is 373 g/mol. The monoisotopic (exact) mass is 373 g/mol. The van der Waals surface area contributed by atoms with Gasteiger partial charge in [0.05, 0.1) is 25.2 Å². The lowest BCUT2D eigenvalue weighted by atomic mass is 10.1. The number of methoxy groups -OCH3 is 2. The lowest BCUT2D eigenvalue weighted by Gasteiger charge is -2.16. The van der Waals surface area contributed by atoms with Gasteiger partial charge in [0.1, 0.15) is 0 Å². The molecule has 2 rings (SSSR count). The number of carbonyl (C=O) groups excluding carboxylic acids is 2. The number of nitrogens with zero attached hydrogens (tertiary/aromatic N) is 1. The Bertz CT molecular complexity index is 868. The molecule has 2 amide bonds. The first-order valence-electron chi connectivity index (χ1n) is 7.94. The van der Waals surface area contributed by atoms with Gasteiger partial charge < -0.3 is 20.1 Å². The fourth-order valence-corrected chi connectivity index (χ4v) is 2.35. The van der Waals surface area contributed by atoms with Crippen molar-refractivity contribution in [2.75, 3.05) is 19.5 Å². The van der Waals surface area contributed by atoms with E-state index in [0.717, 1.165) is 0 Å². The molecule has 0 aliphatic carbocycles. The van der Waals surface area contributed by atoms with E-state index in [0.29, 0.717) is 17.1 Å². The highest BCUT2D eigenvalue weighted by Gasteiger charge is 2.19. The summed E-state index contributed by atoms with van der Waals surface area (Å²) in [5.41, 5.74) is 0.680. The predicted molar refractivity (Wildman–Crippen MR) is 97.8 cm³/mol. The average Bonchev–Trinajstić information content (AvgIpc) is 2.67. The van der Waals surface area contributed by atoms with Gasteiger partial charge in [0, 0.05) is 17.8 Å². The number of rotatable bonds is 6. The molecule has 1 atom stereocenters. The molecule has 9 heteroatoms. The van der Waals surface area contributed by atoms with E-state index in [2.05, 4.69) is 10.6 Å². The maximum absolute atomic E-state index is 12.1. The van der Waals surface area contributed by atoms with E-state index in [4.69, 9.17) is 9.47 Å². The molecular formula is C18H19N3O6. The number of amides is 2. The third kappa shape index (κ3) is 4.94. The minimum Gasteiger partial charge on any atom is -0.493 e. The highest BCUT2D eigenvalue weighted by molar-refractivity contribution is 6.39. The lowest BCUT2D eigenvalue weighted by Crippen LogP contribution is -2.36. The van der Waals surface area contributed by atoms with Crippen LogP contribution in [0.25, 0.3) is 0 Å². The van der Waals surface area contributed by atoms with Crippen molar-refractivity contribution < 1.29 is 24.0 Å². The molecule has 2 N–H and O–H groups in total. The number of non-ortho nitro benzene ring substituents is 1. The summed E-state index contributed by atoms with van der Waals surface area (Å²) in [4.78, 5) is 34.3. The van der Waals surface area contributed by atoms with Crippen LogP contribution in [0.5, 0.6) is 11.5 Å². The Morgan fingerprint density at radius 1 is 1.04 bits per heavy atom. The van der Waals surface area contributed by atoms with Crippen molar-refractivity contribution in [2.45, 2.75) is 13.0 Å². The van der Waals surface area contributed by atoms with Gasteiger partial charge in [-0.25, -0.2) is 0 Å². The van der Waals surface area contributed by atoms with Crippen molar-refractivity contribution in [1.29, 1.82) is 0 Å². The molecule has 2 aromatic rings. The Balaban J connectivity index is 2.04. The van der Waals surface area contributed by atoms with Crippen LogP contribution in [0.2, 0.25) is 0 Å². The largest absolute Gasteiger partial charge is 0.493 e. The second kappa shape index (κ2) is 8.65. The number of nitro benzene ring substituents is 1. The summed E-state index contributed by atoms with van der Waals surface area (Å²) in [6.45, 7) is 1.71. The van der Waals surface area contributed by atoms with Crippen LogP contribution in [0.15, 0.2) is 42.5 Å². The van der Waals surface area contributed by atoms with Gasteiger partial charge in [0.2, 0.25) is 0 Å². The summed E-state index contributed by atoms with van der Waals surface area (Å²) >= 11 is 0. The van der Waals surface area contributed by atoms with Crippen LogP contribution >= 0.6 is 0 Å². The van der Waals surface area contributed by atoms with E-state index in [1.165, 1.54) is 38.5 Å². The number of hydrogen-bond acceptors (Lipinski definition) is 6. The first kappa shape index (κ1) is 19.7. The van der Waals surface area contributed by atoms with Gasteiger partial charge in [-0.05, 0) is 30.7 Å². The zero-order valence-electron chi connectivity index (χ0n) is 15.0. The Morgan fingerprint density at radius 2 is 1.74 bits per heavy atom. The van der Waals surface area contributed by atoms with Crippen LogP contribution in [-0.2, 0) is 9.59 Å². The molecule has 0 aliphatic heterocycles. The third-order valence-electron chi connectivity index (χ3n) is 3.78. The summed E-state index contributed by atoms with van der Waals surface area (Å²) in [5.74, 6) is -0.757. The number of anilines is 1. The van der Waals surface area contributed by atoms with Gasteiger partial charge in [0.25, 0.3) is 5.69 Å². The Kier molecular flexibility index (Phi) is 6.32. The molecule has 142 valence electrons. The van der Waals surface area contributed by atoms with Crippen LogP contribution < -0.4 is 20.1 Å². The van der Waals surface area contributed by atoms with Crippen molar-refractivity contribution in [3.63, 3.8) is 0 Å². The Labute approximate surface area is 155 Å². The molecule has 0 spiro atoms. The summed E-state index contributed by atoms with van der Waals surface area (Å²) in [6, 6.07) is 9.98. The van der Waals surface area contributed by atoms with Crippen molar-refractivity contribution >= 4 is 23.2 Å². The molecule has 2 aromatic carbocycles. The molecule has 27 heavy (non-hydrogen) atoms. The second-order valence-electron chi connectivity index (χ2n) is 5.57. The van der Waals surface area contributed by atoms with E-state index in [1.54, 1.807) is 25.1 Å². The summed E-state index contributed by atoms with van der Waals surface area (Å²) < 4.78 is 10.4.